The molecule has 0 aromatic heterocycles. The van der Waals surface area contributed by atoms with Crippen molar-refractivity contribution in [2.24, 2.45) is 0 Å². The molecule has 2 N–H and O–H groups in total. The van der Waals surface area contributed by atoms with Gasteiger partial charge in [0.25, 0.3) is 0 Å². The summed E-state index contributed by atoms with van der Waals surface area (Å²) in [6, 6.07) is 5.38. The summed E-state index contributed by atoms with van der Waals surface area (Å²) in [6.07, 6.45) is 4.35. The number of nitrogens with zero attached hydrogens (tertiary/aromatic N) is 2. The lowest BCUT2D eigenvalue weighted by Crippen LogP contribution is -2.06. The number of methoxy groups -OCH3 is 1. The summed E-state index contributed by atoms with van der Waals surface area (Å²) in [6.45, 7) is 2.80. The Bertz CT molecular complexity index is 542. The zero-order valence-corrected chi connectivity index (χ0v) is 11.9. The van der Waals surface area contributed by atoms with Crippen LogP contribution in [0.3, 0.4) is 0 Å². The molecule has 5 heteroatoms. The smallest absolute Gasteiger partial charge is 0.178 e. The third-order valence-electron chi connectivity index (χ3n) is 3.05. The van der Waals surface area contributed by atoms with Crippen molar-refractivity contribution in [3.05, 3.63) is 17.2 Å². The van der Waals surface area contributed by atoms with Gasteiger partial charge in [-0.15, -0.1) is 0 Å². The first-order chi connectivity index (χ1) is 9.69. The van der Waals surface area contributed by atoms with Crippen LogP contribution >= 0.6 is 0 Å². The van der Waals surface area contributed by atoms with Crippen molar-refractivity contribution in [3.63, 3.8) is 0 Å². The Labute approximate surface area is 119 Å². The fraction of sp³-hybridized carbons (Fsp3) is 0.467. The van der Waals surface area contributed by atoms with Gasteiger partial charge in [-0.25, -0.2) is 0 Å². The number of phenols is 1. The molecule has 1 aromatic rings. The number of nitrogens with one attached hydrogen (secondary N) is 1. The van der Waals surface area contributed by atoms with Crippen molar-refractivity contribution in [2.45, 2.75) is 32.6 Å². The molecule has 1 rings (SSSR count). The highest BCUT2D eigenvalue weighted by Gasteiger charge is 2.17. The monoisotopic (exact) mass is 273 g/mol. The van der Waals surface area contributed by atoms with Crippen LogP contribution in [-0.2, 0) is 0 Å². The lowest BCUT2D eigenvalue weighted by atomic mass is 10.1. The number of rotatable bonds is 7. The fourth-order valence-corrected chi connectivity index (χ4v) is 1.95. The maximum Gasteiger partial charge on any atom is 0.178 e. The normalized spacial score (nSPS) is 9.60. The van der Waals surface area contributed by atoms with E-state index in [1.807, 2.05) is 12.1 Å². The summed E-state index contributed by atoms with van der Waals surface area (Å²) in [4.78, 5) is 0. The fourth-order valence-electron chi connectivity index (χ4n) is 1.95. The average molecular weight is 273 g/mol. The summed E-state index contributed by atoms with van der Waals surface area (Å²) in [5.41, 5.74) is 0.730. The van der Waals surface area contributed by atoms with E-state index in [9.17, 15) is 5.11 Å². The quantitative estimate of drug-likeness (QED) is 0.745. The minimum absolute atomic E-state index is 0.0522. The second-order valence-corrected chi connectivity index (χ2v) is 4.44. The predicted octanol–water partition coefficient (Wildman–Crippen LogP) is 3.14. The van der Waals surface area contributed by atoms with Gasteiger partial charge in [0, 0.05) is 12.6 Å². The van der Waals surface area contributed by atoms with E-state index < -0.39 is 0 Å². The zero-order chi connectivity index (χ0) is 15.0. The summed E-state index contributed by atoms with van der Waals surface area (Å²) < 4.78 is 4.96. The van der Waals surface area contributed by atoms with Gasteiger partial charge in [-0.05, 0) is 6.42 Å². The molecule has 5 nitrogen and oxygen atoms in total. The highest BCUT2D eigenvalue weighted by molar-refractivity contribution is 5.74. The van der Waals surface area contributed by atoms with Gasteiger partial charge in [0.05, 0.1) is 18.4 Å². The Morgan fingerprint density at radius 3 is 2.55 bits per heavy atom. The summed E-state index contributed by atoms with van der Waals surface area (Å²) in [7, 11) is 1.38. The third kappa shape index (κ3) is 3.55. The van der Waals surface area contributed by atoms with E-state index in [1.54, 1.807) is 0 Å². The minimum atomic E-state index is -0.231. The maximum atomic E-state index is 9.93. The molecule has 0 aliphatic carbocycles. The Balaban J connectivity index is 2.97. The molecular formula is C15H19N3O2. The van der Waals surface area contributed by atoms with E-state index >= 15 is 0 Å². The lowest BCUT2D eigenvalue weighted by Gasteiger charge is -2.13. The molecular weight excluding hydrogens is 254 g/mol. The Hall–Kier alpha value is -2.40. The third-order valence-corrected chi connectivity index (χ3v) is 3.05. The van der Waals surface area contributed by atoms with Gasteiger partial charge in [0.1, 0.15) is 17.7 Å². The SMILES string of the molecule is CCCCCCNc1c(C#N)cc(OC)c(O)c1C#N. The highest BCUT2D eigenvalue weighted by atomic mass is 16.5. The number of phenolic OH excluding ortho intramolecular Hbond substituents is 1. The van der Waals surface area contributed by atoms with Crippen LogP contribution in [0.15, 0.2) is 6.07 Å². The first kappa shape index (κ1) is 15.7. The first-order valence-corrected chi connectivity index (χ1v) is 6.67. The predicted molar refractivity (Wildman–Crippen MR) is 76.7 cm³/mol. The number of hydrogen-bond acceptors (Lipinski definition) is 5. The molecule has 106 valence electrons. The van der Waals surface area contributed by atoms with E-state index in [2.05, 4.69) is 12.2 Å². The van der Waals surface area contributed by atoms with E-state index in [1.165, 1.54) is 13.2 Å². The molecule has 0 aliphatic heterocycles. The Morgan fingerprint density at radius 1 is 1.25 bits per heavy atom. The van der Waals surface area contributed by atoms with Crippen molar-refractivity contribution in [1.29, 1.82) is 10.5 Å². The van der Waals surface area contributed by atoms with Crippen LogP contribution in [0.25, 0.3) is 0 Å². The van der Waals surface area contributed by atoms with Crippen LogP contribution in [0.1, 0.15) is 43.7 Å². The molecule has 0 aliphatic rings. The number of unbranched alkanes of at least 4 members (excludes halogenated alkanes) is 3. The van der Waals surface area contributed by atoms with E-state index in [4.69, 9.17) is 15.3 Å². The number of aromatic hydroxyl groups is 1. The van der Waals surface area contributed by atoms with Crippen LogP contribution in [-0.4, -0.2) is 18.8 Å². The van der Waals surface area contributed by atoms with E-state index in [-0.39, 0.29) is 17.1 Å². The second-order valence-electron chi connectivity index (χ2n) is 4.44. The van der Waals surface area contributed by atoms with E-state index in [0.29, 0.717) is 17.8 Å². The topological polar surface area (TPSA) is 89.1 Å². The van der Waals surface area contributed by atoms with Crippen LogP contribution in [0.4, 0.5) is 5.69 Å². The first-order valence-electron chi connectivity index (χ1n) is 6.67. The summed E-state index contributed by atoms with van der Waals surface area (Å²) in [5, 5.41) is 31.3. The summed E-state index contributed by atoms with van der Waals surface area (Å²) in [5.74, 6) is -0.0975. The van der Waals surface area contributed by atoms with Gasteiger partial charge in [-0.3, -0.25) is 0 Å². The number of anilines is 1. The van der Waals surface area contributed by atoms with Gasteiger partial charge >= 0.3 is 0 Å². The van der Waals surface area contributed by atoms with Crippen molar-refractivity contribution in [3.8, 4) is 23.6 Å². The molecule has 0 fully saturated rings. The van der Waals surface area contributed by atoms with Crippen molar-refractivity contribution < 1.29 is 9.84 Å². The van der Waals surface area contributed by atoms with Crippen LogP contribution in [0, 0.1) is 22.7 Å². The molecule has 0 heterocycles. The molecule has 0 unspecified atom stereocenters. The molecule has 1 aromatic carbocycles. The second kappa shape index (κ2) is 7.91. The van der Waals surface area contributed by atoms with Crippen molar-refractivity contribution >= 4 is 5.69 Å². The van der Waals surface area contributed by atoms with Gasteiger partial charge in [-0.1, -0.05) is 26.2 Å². The molecule has 0 bridgehead atoms. The van der Waals surface area contributed by atoms with Crippen LogP contribution in [0.2, 0.25) is 0 Å². The molecule has 0 atom stereocenters. The van der Waals surface area contributed by atoms with E-state index in [0.717, 1.165) is 25.7 Å². The molecule has 20 heavy (non-hydrogen) atoms. The Kier molecular flexibility index (Phi) is 6.19. The van der Waals surface area contributed by atoms with Crippen LogP contribution < -0.4 is 10.1 Å². The average Bonchev–Trinajstić information content (AvgIpc) is 2.47. The standard InChI is InChI=1S/C15H19N3O2/c1-3-4-5-6-7-18-14-11(9-16)8-13(20-2)15(19)12(14)10-17/h8,18-19H,3-7H2,1-2H3. The van der Waals surface area contributed by atoms with Gasteiger partial charge in [0.15, 0.2) is 11.5 Å². The zero-order valence-electron chi connectivity index (χ0n) is 11.9. The lowest BCUT2D eigenvalue weighted by molar-refractivity contribution is 0.373. The molecule has 0 spiro atoms. The molecule has 0 saturated heterocycles. The maximum absolute atomic E-state index is 9.93. The van der Waals surface area contributed by atoms with Crippen LogP contribution in [0.5, 0.6) is 11.5 Å². The largest absolute Gasteiger partial charge is 0.503 e. The Morgan fingerprint density at radius 2 is 2.00 bits per heavy atom. The van der Waals surface area contributed by atoms with Crippen molar-refractivity contribution in [2.75, 3.05) is 19.0 Å². The number of hydrogen-bond donors (Lipinski definition) is 2. The molecule has 0 saturated carbocycles. The van der Waals surface area contributed by atoms with Gasteiger partial charge in [-0.2, -0.15) is 10.5 Å². The van der Waals surface area contributed by atoms with Crippen molar-refractivity contribution in [1.82, 2.24) is 0 Å². The number of nitriles is 2. The number of benzene rings is 1. The molecule has 0 amide bonds. The summed E-state index contributed by atoms with van der Waals surface area (Å²) >= 11 is 0. The van der Waals surface area contributed by atoms with Gasteiger partial charge < -0.3 is 15.2 Å². The molecule has 0 radical (unpaired) electrons. The van der Waals surface area contributed by atoms with Gasteiger partial charge in [0.2, 0.25) is 0 Å². The number of ether oxygens (including phenoxy) is 1. The highest BCUT2D eigenvalue weighted by Crippen LogP contribution is 2.37. The minimum Gasteiger partial charge on any atom is -0.503 e.